The van der Waals surface area contributed by atoms with Gasteiger partial charge in [0.25, 0.3) is 0 Å². The second-order valence-electron chi connectivity index (χ2n) is 4.61. The van der Waals surface area contributed by atoms with Gasteiger partial charge in [0.05, 0.1) is 0 Å². The van der Waals surface area contributed by atoms with Crippen molar-refractivity contribution in [2.45, 2.75) is 20.3 Å². The van der Waals surface area contributed by atoms with Crippen molar-refractivity contribution < 1.29 is 19.4 Å². The van der Waals surface area contributed by atoms with E-state index in [0.29, 0.717) is 17.7 Å². The number of hydrogen-bond donors (Lipinski definition) is 2. The number of halogens is 1. The van der Waals surface area contributed by atoms with Crippen molar-refractivity contribution in [3.8, 4) is 5.75 Å². The predicted octanol–water partition coefficient (Wildman–Crippen LogP) is 2.83. The Morgan fingerprint density at radius 3 is 2.40 bits per heavy atom. The van der Waals surface area contributed by atoms with E-state index in [2.05, 4.69) is 4.98 Å². The molecule has 2 rings (SSSR count). The molecule has 1 aromatic carbocycles. The smallest absolute Gasteiger partial charge is 0.358 e. The Balaban J connectivity index is 2.45. The Bertz CT molecular complexity index is 666. The average Bonchev–Trinajstić information content (AvgIpc) is 2.40. The van der Waals surface area contributed by atoms with Crippen LogP contribution in [-0.4, -0.2) is 21.2 Å². The van der Waals surface area contributed by atoms with Gasteiger partial charge in [-0.3, -0.25) is 0 Å². The van der Waals surface area contributed by atoms with Crippen LogP contribution in [0.2, 0.25) is 0 Å². The van der Waals surface area contributed by atoms with Crippen LogP contribution in [0.25, 0.3) is 0 Å². The number of pyridine rings is 1. The van der Waals surface area contributed by atoms with E-state index in [1.165, 1.54) is 12.1 Å². The molecule has 2 N–H and O–H groups in total. The molecule has 0 radical (unpaired) electrons. The molecule has 0 fully saturated rings. The van der Waals surface area contributed by atoms with Gasteiger partial charge in [-0.05, 0) is 49.1 Å². The summed E-state index contributed by atoms with van der Waals surface area (Å²) in [5.74, 6) is -1.90. The van der Waals surface area contributed by atoms with Crippen LogP contribution in [0.3, 0.4) is 0 Å². The third-order valence-electron chi connectivity index (χ3n) is 3.25. The minimum atomic E-state index is -1.26. The fraction of sp³-hybridized carbons (Fsp3) is 0.200. The van der Waals surface area contributed by atoms with Gasteiger partial charge in [-0.2, -0.15) is 0 Å². The van der Waals surface area contributed by atoms with Crippen molar-refractivity contribution in [1.82, 2.24) is 4.98 Å². The number of carboxylic acids is 1. The molecule has 0 aliphatic carbocycles. The van der Waals surface area contributed by atoms with Gasteiger partial charge < -0.3 is 10.2 Å². The van der Waals surface area contributed by atoms with Crippen LogP contribution in [0, 0.1) is 19.7 Å². The summed E-state index contributed by atoms with van der Waals surface area (Å²) in [6, 6.07) is 6.02. The lowest BCUT2D eigenvalue weighted by atomic mass is 9.98. The number of hydrogen-bond acceptors (Lipinski definition) is 3. The Hall–Kier alpha value is -2.43. The summed E-state index contributed by atoms with van der Waals surface area (Å²) in [6.45, 7) is 3.34. The first-order valence-electron chi connectivity index (χ1n) is 6.07. The standard InChI is InChI=1S/C15H14FNO3/c1-8-12(7-10-3-5-11(16)6-4-10)9(2)17-13(14(8)18)15(19)20/h3-6,18H,7H2,1-2H3,(H,19,20). The summed E-state index contributed by atoms with van der Waals surface area (Å²) in [5.41, 5.74) is 2.30. The number of aromatic hydroxyl groups is 1. The fourth-order valence-electron chi connectivity index (χ4n) is 2.10. The van der Waals surface area contributed by atoms with Gasteiger partial charge in [-0.1, -0.05) is 12.1 Å². The lowest BCUT2D eigenvalue weighted by molar-refractivity contribution is 0.0686. The highest BCUT2D eigenvalue weighted by Gasteiger charge is 2.18. The van der Waals surface area contributed by atoms with Gasteiger partial charge in [0, 0.05) is 5.69 Å². The van der Waals surface area contributed by atoms with Crippen molar-refractivity contribution in [2.24, 2.45) is 0 Å². The van der Waals surface area contributed by atoms with Gasteiger partial charge in [-0.25, -0.2) is 14.2 Å². The van der Waals surface area contributed by atoms with E-state index in [-0.39, 0.29) is 17.3 Å². The van der Waals surface area contributed by atoms with Crippen molar-refractivity contribution >= 4 is 5.97 Å². The number of aromatic carboxylic acids is 1. The number of rotatable bonds is 3. The van der Waals surface area contributed by atoms with Gasteiger partial charge in [-0.15, -0.1) is 0 Å². The molecule has 1 heterocycles. The van der Waals surface area contributed by atoms with E-state index < -0.39 is 5.97 Å². The first-order valence-corrected chi connectivity index (χ1v) is 6.07. The molecule has 2 aromatic rings. The summed E-state index contributed by atoms with van der Waals surface area (Å²) in [5, 5.41) is 18.9. The van der Waals surface area contributed by atoms with Crippen LogP contribution in [0.5, 0.6) is 5.75 Å². The van der Waals surface area contributed by atoms with E-state index in [1.54, 1.807) is 26.0 Å². The summed E-state index contributed by atoms with van der Waals surface area (Å²) in [6.07, 6.45) is 0.457. The minimum absolute atomic E-state index is 0.315. The first-order chi connectivity index (χ1) is 9.40. The monoisotopic (exact) mass is 275 g/mol. The largest absolute Gasteiger partial charge is 0.505 e. The van der Waals surface area contributed by atoms with Crippen molar-refractivity contribution in [1.29, 1.82) is 0 Å². The summed E-state index contributed by atoms with van der Waals surface area (Å²) >= 11 is 0. The van der Waals surface area contributed by atoms with Crippen LogP contribution < -0.4 is 0 Å². The normalized spacial score (nSPS) is 10.6. The van der Waals surface area contributed by atoms with Crippen molar-refractivity contribution in [3.05, 3.63) is 58.2 Å². The Labute approximate surface area is 115 Å². The third kappa shape index (κ3) is 2.61. The maximum Gasteiger partial charge on any atom is 0.358 e. The molecule has 0 aliphatic heterocycles. The molecule has 1 aromatic heterocycles. The molecule has 20 heavy (non-hydrogen) atoms. The van der Waals surface area contributed by atoms with E-state index in [1.807, 2.05) is 0 Å². The molecule has 0 aliphatic rings. The van der Waals surface area contributed by atoms with Crippen LogP contribution in [-0.2, 0) is 6.42 Å². The minimum Gasteiger partial charge on any atom is -0.505 e. The molecule has 0 saturated carbocycles. The molecule has 0 atom stereocenters. The lowest BCUT2D eigenvalue weighted by Crippen LogP contribution is -2.07. The van der Waals surface area contributed by atoms with Crippen LogP contribution in [0.15, 0.2) is 24.3 Å². The molecular weight excluding hydrogens is 261 g/mol. The predicted molar refractivity (Wildman–Crippen MR) is 71.5 cm³/mol. The fourth-order valence-corrected chi connectivity index (χ4v) is 2.10. The Morgan fingerprint density at radius 2 is 1.85 bits per heavy atom. The van der Waals surface area contributed by atoms with Crippen LogP contribution >= 0.6 is 0 Å². The van der Waals surface area contributed by atoms with Crippen molar-refractivity contribution in [2.75, 3.05) is 0 Å². The summed E-state index contributed by atoms with van der Waals surface area (Å²) in [4.78, 5) is 14.9. The number of carboxylic acid groups (broad SMARTS) is 1. The highest BCUT2D eigenvalue weighted by atomic mass is 19.1. The molecule has 0 saturated heterocycles. The first kappa shape index (κ1) is 14.0. The lowest BCUT2D eigenvalue weighted by Gasteiger charge is -2.13. The number of nitrogens with zero attached hydrogens (tertiary/aromatic N) is 1. The number of aromatic nitrogens is 1. The van der Waals surface area contributed by atoms with Crippen molar-refractivity contribution in [3.63, 3.8) is 0 Å². The zero-order chi connectivity index (χ0) is 14.9. The quantitative estimate of drug-likeness (QED) is 0.903. The van der Waals surface area contributed by atoms with Crippen LogP contribution in [0.1, 0.15) is 32.9 Å². The third-order valence-corrected chi connectivity index (χ3v) is 3.25. The average molecular weight is 275 g/mol. The molecule has 0 bridgehead atoms. The summed E-state index contributed by atoms with van der Waals surface area (Å²) in [7, 11) is 0. The van der Waals surface area contributed by atoms with Gasteiger partial charge in [0.1, 0.15) is 5.82 Å². The highest BCUT2D eigenvalue weighted by Crippen LogP contribution is 2.27. The zero-order valence-electron chi connectivity index (χ0n) is 11.1. The van der Waals surface area contributed by atoms with Gasteiger partial charge in [0.2, 0.25) is 0 Å². The topological polar surface area (TPSA) is 70.4 Å². The van der Waals surface area contributed by atoms with Gasteiger partial charge >= 0.3 is 5.97 Å². The SMILES string of the molecule is Cc1nc(C(=O)O)c(O)c(C)c1Cc1ccc(F)cc1. The van der Waals surface area contributed by atoms with E-state index in [9.17, 15) is 14.3 Å². The Morgan fingerprint density at radius 1 is 1.25 bits per heavy atom. The number of aryl methyl sites for hydroxylation is 1. The highest BCUT2D eigenvalue weighted by molar-refractivity contribution is 5.89. The second kappa shape index (κ2) is 5.28. The van der Waals surface area contributed by atoms with E-state index >= 15 is 0 Å². The maximum atomic E-state index is 12.9. The molecule has 5 heteroatoms. The maximum absolute atomic E-state index is 12.9. The van der Waals surface area contributed by atoms with Gasteiger partial charge in [0.15, 0.2) is 11.4 Å². The molecular formula is C15H14FNO3. The molecule has 4 nitrogen and oxygen atoms in total. The molecule has 0 amide bonds. The number of benzene rings is 1. The van der Waals surface area contributed by atoms with E-state index in [0.717, 1.165) is 11.1 Å². The molecule has 0 spiro atoms. The van der Waals surface area contributed by atoms with E-state index in [4.69, 9.17) is 5.11 Å². The molecule has 104 valence electrons. The number of carbonyl (C=O) groups is 1. The van der Waals surface area contributed by atoms with Crippen LogP contribution in [0.4, 0.5) is 4.39 Å². The molecule has 0 unspecified atom stereocenters. The summed E-state index contributed by atoms with van der Waals surface area (Å²) < 4.78 is 12.9. The Kier molecular flexibility index (Phi) is 3.70. The second-order valence-corrected chi connectivity index (χ2v) is 4.61. The zero-order valence-corrected chi connectivity index (χ0v) is 11.1.